The minimum absolute atomic E-state index is 0.225. The van der Waals surface area contributed by atoms with Crippen LogP contribution in [-0.2, 0) is 0 Å². The average Bonchev–Trinajstić information content (AvgIpc) is 2.94. The van der Waals surface area contributed by atoms with Gasteiger partial charge < -0.3 is 10.5 Å². The van der Waals surface area contributed by atoms with Crippen LogP contribution < -0.4 is 10.5 Å². The maximum absolute atomic E-state index is 5.75. The number of hydrogen-bond acceptors (Lipinski definition) is 4. The van der Waals surface area contributed by atoms with E-state index >= 15 is 0 Å². The maximum Gasteiger partial charge on any atom is 0.187 e. The molecule has 1 aromatic heterocycles. The summed E-state index contributed by atoms with van der Waals surface area (Å²) in [5.74, 6) is 0.802. The second kappa shape index (κ2) is 6.78. The van der Waals surface area contributed by atoms with Crippen LogP contribution in [0.5, 0.6) is 5.75 Å². The number of ether oxygens (including phenoxy) is 1. The molecule has 0 aliphatic heterocycles. The zero-order valence-corrected chi connectivity index (χ0v) is 14.5. The zero-order valence-electron chi connectivity index (χ0n) is 13.7. The van der Waals surface area contributed by atoms with Gasteiger partial charge >= 0.3 is 0 Å². The molecule has 0 radical (unpaired) electrons. The molecule has 0 saturated heterocycles. The van der Waals surface area contributed by atoms with Crippen LogP contribution in [0.1, 0.15) is 26.3 Å². The van der Waals surface area contributed by atoms with Gasteiger partial charge in [0.1, 0.15) is 5.75 Å². The molecule has 1 aromatic carbocycles. The Labute approximate surface area is 141 Å². The normalized spacial score (nSPS) is 11.7. The Morgan fingerprint density at radius 1 is 1.35 bits per heavy atom. The highest BCUT2D eigenvalue weighted by molar-refractivity contribution is 7.80. The number of nitrogens with two attached hydrogens (primary N) is 1. The molecule has 0 atom stereocenters. The lowest BCUT2D eigenvalue weighted by Gasteiger charge is -2.31. The molecular weight excluding hydrogens is 310 g/mol. The van der Waals surface area contributed by atoms with Gasteiger partial charge in [-0.25, -0.2) is 5.01 Å². The van der Waals surface area contributed by atoms with Crippen LogP contribution in [0.2, 0.25) is 0 Å². The lowest BCUT2D eigenvalue weighted by atomic mass is 10.1. The van der Waals surface area contributed by atoms with Gasteiger partial charge in [-0.05, 0) is 57.3 Å². The summed E-state index contributed by atoms with van der Waals surface area (Å²) in [7, 11) is 1.64. The van der Waals surface area contributed by atoms with Crippen LogP contribution in [-0.4, -0.2) is 39.2 Å². The average molecular weight is 331 g/mol. The van der Waals surface area contributed by atoms with Crippen LogP contribution in [0.25, 0.3) is 11.3 Å². The standard InChI is InChI=1S/C16H21N5OS/c1-16(2,3)21(15(17)23)19-10-12-9-18-20-14(12)11-5-7-13(22-4)8-6-11/h5-10H,1-4H3,(H2,17,23)(H,18,20)/b19-10-. The fraction of sp³-hybridized carbons (Fsp3) is 0.312. The summed E-state index contributed by atoms with van der Waals surface area (Å²) in [6.07, 6.45) is 3.41. The summed E-state index contributed by atoms with van der Waals surface area (Å²) in [5.41, 5.74) is 8.16. The number of methoxy groups -OCH3 is 1. The lowest BCUT2D eigenvalue weighted by Crippen LogP contribution is -2.44. The smallest absolute Gasteiger partial charge is 0.187 e. The van der Waals surface area contributed by atoms with Crippen LogP contribution in [0.15, 0.2) is 35.6 Å². The number of nitrogens with zero attached hydrogens (tertiary/aromatic N) is 3. The fourth-order valence-corrected chi connectivity index (χ4v) is 2.38. The minimum atomic E-state index is -0.299. The molecular formula is C16H21N5OS. The number of hydrazone groups is 1. The SMILES string of the molecule is COc1ccc(-c2[nH]ncc2/C=N\N(C(N)=S)C(C)(C)C)cc1. The third-order valence-electron chi connectivity index (χ3n) is 3.20. The molecule has 0 aliphatic carbocycles. The van der Waals surface area contributed by atoms with Gasteiger partial charge in [-0.3, -0.25) is 5.10 Å². The quantitative estimate of drug-likeness (QED) is 0.511. The van der Waals surface area contributed by atoms with Crippen molar-refractivity contribution in [3.05, 3.63) is 36.0 Å². The van der Waals surface area contributed by atoms with E-state index in [2.05, 4.69) is 15.3 Å². The third-order valence-corrected chi connectivity index (χ3v) is 3.38. The molecule has 0 saturated carbocycles. The number of thiocarbonyl (C=S) groups is 1. The van der Waals surface area contributed by atoms with Crippen LogP contribution in [0.3, 0.4) is 0 Å². The first kappa shape index (κ1) is 17.0. The topological polar surface area (TPSA) is 79.5 Å². The Morgan fingerprint density at radius 3 is 2.52 bits per heavy atom. The Kier molecular flexibility index (Phi) is 5.00. The molecule has 0 amide bonds. The summed E-state index contributed by atoms with van der Waals surface area (Å²) in [4.78, 5) is 0. The van der Waals surface area contributed by atoms with Gasteiger partial charge in [-0.15, -0.1) is 0 Å². The number of aromatic nitrogens is 2. The number of rotatable bonds is 4. The Bertz CT molecular complexity index is 700. The molecule has 1 heterocycles. The summed E-state index contributed by atoms with van der Waals surface area (Å²) in [6, 6.07) is 7.71. The summed E-state index contributed by atoms with van der Waals surface area (Å²) in [5, 5.41) is 13.3. The highest BCUT2D eigenvalue weighted by Gasteiger charge is 2.21. The van der Waals surface area contributed by atoms with E-state index < -0.39 is 0 Å². The van der Waals surface area contributed by atoms with E-state index in [4.69, 9.17) is 22.7 Å². The molecule has 2 rings (SSSR count). The first-order chi connectivity index (χ1) is 10.8. The molecule has 0 aliphatic rings. The number of nitrogens with one attached hydrogen (secondary N) is 1. The van der Waals surface area contributed by atoms with Crippen molar-refractivity contribution in [1.29, 1.82) is 0 Å². The van der Waals surface area contributed by atoms with Crippen molar-refractivity contribution in [1.82, 2.24) is 15.2 Å². The summed E-state index contributed by atoms with van der Waals surface area (Å²) in [6.45, 7) is 5.97. The molecule has 0 fully saturated rings. The van der Waals surface area contributed by atoms with Gasteiger partial charge in [0, 0.05) is 11.1 Å². The van der Waals surface area contributed by atoms with E-state index in [1.165, 1.54) is 0 Å². The van der Waals surface area contributed by atoms with E-state index in [0.717, 1.165) is 22.6 Å². The lowest BCUT2D eigenvalue weighted by molar-refractivity contribution is 0.250. The molecule has 0 bridgehead atoms. The fourth-order valence-electron chi connectivity index (χ4n) is 2.06. The number of aromatic amines is 1. The second-order valence-electron chi connectivity index (χ2n) is 5.99. The first-order valence-electron chi connectivity index (χ1n) is 7.14. The highest BCUT2D eigenvalue weighted by Crippen LogP contribution is 2.23. The third kappa shape index (κ3) is 4.07. The van der Waals surface area contributed by atoms with Gasteiger partial charge in [0.15, 0.2) is 5.11 Å². The first-order valence-corrected chi connectivity index (χ1v) is 7.55. The highest BCUT2D eigenvalue weighted by atomic mass is 32.1. The number of benzene rings is 1. The Morgan fingerprint density at radius 2 is 2.00 bits per heavy atom. The molecule has 122 valence electrons. The van der Waals surface area contributed by atoms with Crippen molar-refractivity contribution >= 4 is 23.5 Å². The molecule has 2 aromatic rings. The van der Waals surface area contributed by atoms with Crippen molar-refractivity contribution in [3.8, 4) is 17.0 Å². The molecule has 3 N–H and O–H groups in total. The van der Waals surface area contributed by atoms with Gasteiger partial charge in [0.05, 0.1) is 30.8 Å². The maximum atomic E-state index is 5.75. The largest absolute Gasteiger partial charge is 0.497 e. The molecule has 0 spiro atoms. The summed E-state index contributed by atoms with van der Waals surface area (Å²) < 4.78 is 5.17. The van der Waals surface area contributed by atoms with Crippen LogP contribution in [0, 0.1) is 0 Å². The van der Waals surface area contributed by atoms with Gasteiger partial charge in [-0.1, -0.05) is 0 Å². The van der Waals surface area contributed by atoms with E-state index in [9.17, 15) is 0 Å². The van der Waals surface area contributed by atoms with E-state index in [0.29, 0.717) is 0 Å². The van der Waals surface area contributed by atoms with E-state index in [-0.39, 0.29) is 10.7 Å². The van der Waals surface area contributed by atoms with Crippen molar-refractivity contribution in [2.24, 2.45) is 10.8 Å². The predicted octanol–water partition coefficient (Wildman–Crippen LogP) is 2.76. The monoisotopic (exact) mass is 331 g/mol. The Hall–Kier alpha value is -2.41. The molecule has 7 heteroatoms. The van der Waals surface area contributed by atoms with Crippen LogP contribution >= 0.6 is 12.2 Å². The van der Waals surface area contributed by atoms with Gasteiger partial charge in [0.2, 0.25) is 0 Å². The minimum Gasteiger partial charge on any atom is -0.497 e. The summed E-state index contributed by atoms with van der Waals surface area (Å²) >= 11 is 5.07. The molecule has 23 heavy (non-hydrogen) atoms. The van der Waals surface area contributed by atoms with Gasteiger partial charge in [-0.2, -0.15) is 10.2 Å². The number of hydrogen-bond donors (Lipinski definition) is 2. The van der Waals surface area contributed by atoms with Crippen molar-refractivity contribution in [3.63, 3.8) is 0 Å². The predicted molar refractivity (Wildman–Crippen MR) is 96.5 cm³/mol. The van der Waals surface area contributed by atoms with E-state index in [1.807, 2.05) is 45.0 Å². The Balaban J connectivity index is 2.30. The van der Waals surface area contributed by atoms with Crippen molar-refractivity contribution in [2.45, 2.75) is 26.3 Å². The molecule has 0 unspecified atom stereocenters. The van der Waals surface area contributed by atoms with Gasteiger partial charge in [0.25, 0.3) is 0 Å². The van der Waals surface area contributed by atoms with Crippen molar-refractivity contribution in [2.75, 3.05) is 7.11 Å². The number of H-pyrrole nitrogens is 1. The van der Waals surface area contributed by atoms with Crippen LogP contribution in [0.4, 0.5) is 0 Å². The van der Waals surface area contributed by atoms with E-state index in [1.54, 1.807) is 24.5 Å². The second-order valence-corrected chi connectivity index (χ2v) is 6.41. The van der Waals surface area contributed by atoms with Crippen molar-refractivity contribution < 1.29 is 4.74 Å². The molecule has 6 nitrogen and oxygen atoms in total. The zero-order chi connectivity index (χ0) is 17.0.